The molecule has 0 aliphatic rings. The lowest BCUT2D eigenvalue weighted by atomic mass is 9.93. The Labute approximate surface area is 151 Å². The van der Waals surface area contributed by atoms with Gasteiger partial charge in [0.1, 0.15) is 17.4 Å². The first kappa shape index (κ1) is 21.0. The topological polar surface area (TPSA) is 71.3 Å². The number of amides is 1. The molecular weight excluding hydrogens is 316 g/mol. The van der Waals surface area contributed by atoms with E-state index in [1.807, 2.05) is 34.6 Å². The van der Waals surface area contributed by atoms with Crippen molar-refractivity contribution in [2.24, 2.45) is 5.92 Å². The second-order valence-electron chi connectivity index (χ2n) is 6.87. The van der Waals surface area contributed by atoms with Gasteiger partial charge in [-0.3, -0.25) is 4.79 Å². The van der Waals surface area contributed by atoms with E-state index in [4.69, 9.17) is 9.47 Å². The highest BCUT2D eigenvalue weighted by Crippen LogP contribution is 2.27. The summed E-state index contributed by atoms with van der Waals surface area (Å²) in [7, 11) is 0. The molecule has 1 rings (SSSR count). The summed E-state index contributed by atoms with van der Waals surface area (Å²) >= 11 is 0. The van der Waals surface area contributed by atoms with Crippen molar-refractivity contribution in [3.8, 4) is 11.8 Å². The molecule has 1 aromatic carbocycles. The SMILES string of the molecule is CCO[C@@](C)(CC(C)C)C(=O)Nc1ccc(O[C@H](C)CC)cc1C#N. The zero-order valence-corrected chi connectivity index (χ0v) is 16.2. The van der Waals surface area contributed by atoms with E-state index in [1.54, 1.807) is 25.1 Å². The maximum atomic E-state index is 12.8. The number of nitrogens with one attached hydrogen (secondary N) is 1. The third kappa shape index (κ3) is 6.06. The van der Waals surface area contributed by atoms with Crippen molar-refractivity contribution in [2.45, 2.75) is 66.1 Å². The Balaban J connectivity index is 3.00. The number of anilines is 1. The number of rotatable bonds is 9. The second kappa shape index (κ2) is 9.43. The first-order chi connectivity index (χ1) is 11.8. The van der Waals surface area contributed by atoms with Crippen molar-refractivity contribution in [1.82, 2.24) is 0 Å². The Kier molecular flexibility index (Phi) is 7.92. The van der Waals surface area contributed by atoms with Gasteiger partial charge >= 0.3 is 0 Å². The van der Waals surface area contributed by atoms with E-state index in [0.29, 0.717) is 35.9 Å². The molecule has 0 saturated carbocycles. The van der Waals surface area contributed by atoms with Crippen molar-refractivity contribution in [3.05, 3.63) is 23.8 Å². The van der Waals surface area contributed by atoms with Crippen LogP contribution in [-0.4, -0.2) is 24.2 Å². The van der Waals surface area contributed by atoms with Crippen molar-refractivity contribution >= 4 is 11.6 Å². The van der Waals surface area contributed by atoms with Gasteiger partial charge in [-0.05, 0) is 51.7 Å². The van der Waals surface area contributed by atoms with Gasteiger partial charge in [0.2, 0.25) is 0 Å². The first-order valence-electron chi connectivity index (χ1n) is 8.91. The van der Waals surface area contributed by atoms with E-state index in [-0.39, 0.29) is 12.0 Å². The molecule has 0 saturated heterocycles. The van der Waals surface area contributed by atoms with E-state index >= 15 is 0 Å². The lowest BCUT2D eigenvalue weighted by molar-refractivity contribution is -0.140. The minimum Gasteiger partial charge on any atom is -0.491 e. The van der Waals surface area contributed by atoms with Gasteiger partial charge in [0.15, 0.2) is 0 Å². The molecule has 2 atom stereocenters. The molecule has 0 heterocycles. The lowest BCUT2D eigenvalue weighted by Gasteiger charge is -2.30. The highest BCUT2D eigenvalue weighted by atomic mass is 16.5. The fraction of sp³-hybridized carbons (Fsp3) is 0.600. The van der Waals surface area contributed by atoms with Crippen LogP contribution >= 0.6 is 0 Å². The smallest absolute Gasteiger partial charge is 0.256 e. The Hall–Kier alpha value is -2.06. The highest BCUT2D eigenvalue weighted by molar-refractivity contribution is 5.98. The molecule has 0 bridgehead atoms. The Bertz CT molecular complexity index is 622. The third-order valence-corrected chi connectivity index (χ3v) is 4.01. The summed E-state index contributed by atoms with van der Waals surface area (Å²) in [5, 5.41) is 12.3. The molecule has 25 heavy (non-hydrogen) atoms. The zero-order valence-electron chi connectivity index (χ0n) is 16.2. The minimum absolute atomic E-state index is 0.0688. The molecule has 138 valence electrons. The Morgan fingerprint density at radius 3 is 2.52 bits per heavy atom. The van der Waals surface area contributed by atoms with Gasteiger partial charge in [-0.15, -0.1) is 0 Å². The van der Waals surface area contributed by atoms with E-state index in [2.05, 4.69) is 11.4 Å². The van der Waals surface area contributed by atoms with Gasteiger partial charge < -0.3 is 14.8 Å². The molecule has 1 aromatic rings. The third-order valence-electron chi connectivity index (χ3n) is 4.01. The molecule has 0 aromatic heterocycles. The molecule has 0 unspecified atom stereocenters. The van der Waals surface area contributed by atoms with Crippen molar-refractivity contribution < 1.29 is 14.3 Å². The number of nitriles is 1. The van der Waals surface area contributed by atoms with E-state index < -0.39 is 5.60 Å². The van der Waals surface area contributed by atoms with Crippen LogP contribution in [0.2, 0.25) is 0 Å². The van der Waals surface area contributed by atoms with E-state index in [9.17, 15) is 10.1 Å². The second-order valence-corrected chi connectivity index (χ2v) is 6.87. The average molecular weight is 346 g/mol. The summed E-state index contributed by atoms with van der Waals surface area (Å²) in [5.74, 6) is 0.692. The van der Waals surface area contributed by atoms with Crippen LogP contribution in [0.5, 0.6) is 5.75 Å². The molecule has 0 radical (unpaired) electrons. The van der Waals surface area contributed by atoms with Crippen LogP contribution in [0.3, 0.4) is 0 Å². The molecule has 5 heteroatoms. The summed E-state index contributed by atoms with van der Waals surface area (Å²) < 4.78 is 11.5. The van der Waals surface area contributed by atoms with Crippen LogP contribution in [0.15, 0.2) is 18.2 Å². The number of carbonyl (C=O) groups is 1. The maximum absolute atomic E-state index is 12.8. The van der Waals surface area contributed by atoms with Crippen molar-refractivity contribution in [3.63, 3.8) is 0 Å². The fourth-order valence-corrected chi connectivity index (χ4v) is 2.68. The van der Waals surface area contributed by atoms with Gasteiger partial charge in [0.05, 0.1) is 17.4 Å². The van der Waals surface area contributed by atoms with Crippen LogP contribution in [0.1, 0.15) is 59.9 Å². The van der Waals surface area contributed by atoms with Gasteiger partial charge in [-0.2, -0.15) is 5.26 Å². The summed E-state index contributed by atoms with van der Waals surface area (Å²) in [6.07, 6.45) is 1.55. The molecule has 0 spiro atoms. The van der Waals surface area contributed by atoms with Crippen LogP contribution < -0.4 is 10.1 Å². The normalized spacial score (nSPS) is 14.5. The van der Waals surface area contributed by atoms with Crippen LogP contribution in [0.4, 0.5) is 5.69 Å². The van der Waals surface area contributed by atoms with Crippen LogP contribution in [0.25, 0.3) is 0 Å². The van der Waals surface area contributed by atoms with Gasteiger partial charge in [0.25, 0.3) is 5.91 Å². The first-order valence-corrected chi connectivity index (χ1v) is 8.91. The molecule has 0 aliphatic carbocycles. The summed E-state index contributed by atoms with van der Waals surface area (Å²) in [6, 6.07) is 7.25. The summed E-state index contributed by atoms with van der Waals surface area (Å²) in [6.45, 7) is 12.2. The maximum Gasteiger partial charge on any atom is 0.256 e. The van der Waals surface area contributed by atoms with Crippen molar-refractivity contribution in [2.75, 3.05) is 11.9 Å². The van der Waals surface area contributed by atoms with Gasteiger partial charge in [-0.25, -0.2) is 0 Å². The van der Waals surface area contributed by atoms with Crippen LogP contribution in [0, 0.1) is 17.2 Å². The zero-order chi connectivity index (χ0) is 19.0. The number of carbonyl (C=O) groups excluding carboxylic acids is 1. The molecule has 1 amide bonds. The van der Waals surface area contributed by atoms with Gasteiger partial charge in [-0.1, -0.05) is 20.8 Å². The highest BCUT2D eigenvalue weighted by Gasteiger charge is 2.35. The number of ether oxygens (including phenoxy) is 2. The lowest BCUT2D eigenvalue weighted by Crippen LogP contribution is -2.44. The predicted octanol–water partition coefficient (Wildman–Crippen LogP) is 4.52. The Morgan fingerprint density at radius 2 is 2.00 bits per heavy atom. The standard InChI is InChI=1S/C20H30N2O3/c1-7-15(5)25-17-9-10-18(16(11-17)13-21)22-19(23)20(6,24-8-2)12-14(3)4/h9-11,14-15H,7-8,12H2,1-6H3,(H,22,23)/t15-,20+/m1/s1. The van der Waals surface area contributed by atoms with Crippen LogP contribution in [-0.2, 0) is 9.53 Å². The minimum atomic E-state index is -0.929. The quantitative estimate of drug-likeness (QED) is 0.714. The number of benzene rings is 1. The van der Waals surface area contributed by atoms with Crippen molar-refractivity contribution in [1.29, 1.82) is 5.26 Å². The molecule has 5 nitrogen and oxygen atoms in total. The largest absolute Gasteiger partial charge is 0.491 e. The molecule has 0 aliphatic heterocycles. The average Bonchev–Trinajstić information content (AvgIpc) is 2.55. The molecular formula is C20H30N2O3. The molecule has 1 N–H and O–H groups in total. The number of hydrogen-bond donors (Lipinski definition) is 1. The monoisotopic (exact) mass is 346 g/mol. The van der Waals surface area contributed by atoms with E-state index in [1.165, 1.54) is 0 Å². The predicted molar refractivity (Wildman–Crippen MR) is 99.7 cm³/mol. The fourth-order valence-electron chi connectivity index (χ4n) is 2.68. The summed E-state index contributed by atoms with van der Waals surface area (Å²) in [5.41, 5.74) is -0.0853. The number of hydrogen-bond acceptors (Lipinski definition) is 4. The Morgan fingerprint density at radius 1 is 1.32 bits per heavy atom. The van der Waals surface area contributed by atoms with E-state index in [0.717, 1.165) is 6.42 Å². The van der Waals surface area contributed by atoms with Gasteiger partial charge in [0, 0.05) is 12.7 Å². The molecule has 0 fully saturated rings. The summed E-state index contributed by atoms with van der Waals surface area (Å²) in [4.78, 5) is 12.8. The number of nitrogens with zero attached hydrogens (tertiary/aromatic N) is 1.